The number of hydrogen-bond donors (Lipinski definition) is 1. The Balaban J connectivity index is 1.84. The summed E-state index contributed by atoms with van der Waals surface area (Å²) in [5.41, 5.74) is 1.32. The average Bonchev–Trinajstić information content (AvgIpc) is 3.15. The Morgan fingerprint density at radius 1 is 1.45 bits per heavy atom. The molecule has 0 bridgehead atoms. The molecule has 0 aromatic carbocycles. The van der Waals surface area contributed by atoms with Crippen LogP contribution >= 0.6 is 11.3 Å². The predicted octanol–water partition coefficient (Wildman–Crippen LogP) is 3.26. The van der Waals surface area contributed by atoms with Crippen LogP contribution in [0.4, 0.5) is 0 Å². The first kappa shape index (κ1) is 13.1. The van der Waals surface area contributed by atoms with E-state index in [1.165, 1.54) is 10.4 Å². The molecule has 3 aromatic rings. The van der Waals surface area contributed by atoms with Crippen LogP contribution in [-0.4, -0.2) is 9.55 Å². The lowest BCUT2D eigenvalue weighted by Gasteiger charge is -2.16. The third-order valence-electron chi connectivity index (χ3n) is 3.38. The Hall–Kier alpha value is -1.85. The van der Waals surface area contributed by atoms with Gasteiger partial charge in [-0.05, 0) is 36.1 Å². The second-order valence-electron chi connectivity index (χ2n) is 4.75. The van der Waals surface area contributed by atoms with Crippen LogP contribution in [-0.2, 0) is 13.6 Å². The number of hydrogen-bond acceptors (Lipinski definition) is 4. The molecule has 0 radical (unpaired) electrons. The van der Waals surface area contributed by atoms with Crippen molar-refractivity contribution in [2.75, 3.05) is 0 Å². The highest BCUT2D eigenvalue weighted by molar-refractivity contribution is 7.10. The number of thiophene rings is 1. The van der Waals surface area contributed by atoms with Crippen LogP contribution in [0.5, 0.6) is 0 Å². The van der Waals surface area contributed by atoms with Crippen molar-refractivity contribution in [1.29, 1.82) is 0 Å². The van der Waals surface area contributed by atoms with E-state index in [-0.39, 0.29) is 6.04 Å². The van der Waals surface area contributed by atoms with Crippen molar-refractivity contribution in [2.45, 2.75) is 19.5 Å². The van der Waals surface area contributed by atoms with Crippen LogP contribution in [0, 0.1) is 6.92 Å². The molecule has 0 spiro atoms. The van der Waals surface area contributed by atoms with Gasteiger partial charge in [0.25, 0.3) is 0 Å². The lowest BCUT2D eigenvalue weighted by molar-refractivity contribution is 0.430. The SMILES string of the molecule is Cc1ccsc1CNC(c1ccco1)c1nccn1C. The Morgan fingerprint density at radius 2 is 2.35 bits per heavy atom. The quantitative estimate of drug-likeness (QED) is 0.783. The highest BCUT2D eigenvalue weighted by atomic mass is 32.1. The first-order valence-electron chi connectivity index (χ1n) is 6.52. The molecule has 1 N–H and O–H groups in total. The smallest absolute Gasteiger partial charge is 0.133 e. The van der Waals surface area contributed by atoms with E-state index in [1.807, 2.05) is 36.1 Å². The third kappa shape index (κ3) is 2.55. The van der Waals surface area contributed by atoms with Crippen LogP contribution in [0.25, 0.3) is 0 Å². The van der Waals surface area contributed by atoms with Gasteiger partial charge in [0.05, 0.1) is 6.26 Å². The third-order valence-corrected chi connectivity index (χ3v) is 4.40. The van der Waals surface area contributed by atoms with Gasteiger partial charge < -0.3 is 8.98 Å². The molecule has 5 heteroatoms. The second kappa shape index (κ2) is 5.64. The maximum atomic E-state index is 5.56. The Labute approximate surface area is 122 Å². The molecule has 1 unspecified atom stereocenters. The molecule has 4 nitrogen and oxygen atoms in total. The van der Waals surface area contributed by atoms with Gasteiger partial charge in [0, 0.05) is 30.9 Å². The molecule has 0 fully saturated rings. The van der Waals surface area contributed by atoms with E-state index in [0.29, 0.717) is 0 Å². The van der Waals surface area contributed by atoms with Crippen molar-refractivity contribution in [3.63, 3.8) is 0 Å². The van der Waals surface area contributed by atoms with Crippen LogP contribution in [0.3, 0.4) is 0 Å². The molecule has 0 aliphatic heterocycles. The van der Waals surface area contributed by atoms with Crippen molar-refractivity contribution in [2.24, 2.45) is 7.05 Å². The van der Waals surface area contributed by atoms with E-state index in [2.05, 4.69) is 28.7 Å². The second-order valence-corrected chi connectivity index (χ2v) is 5.75. The van der Waals surface area contributed by atoms with Crippen molar-refractivity contribution in [3.8, 4) is 0 Å². The van der Waals surface area contributed by atoms with Crippen LogP contribution in [0.2, 0.25) is 0 Å². The maximum absolute atomic E-state index is 5.56. The fraction of sp³-hybridized carbons (Fsp3) is 0.267. The van der Waals surface area contributed by atoms with E-state index in [0.717, 1.165) is 18.1 Å². The summed E-state index contributed by atoms with van der Waals surface area (Å²) in [7, 11) is 2.00. The Bertz CT molecular complexity index is 669. The van der Waals surface area contributed by atoms with Crippen molar-refractivity contribution in [3.05, 3.63) is 64.3 Å². The normalized spacial score (nSPS) is 12.7. The number of nitrogens with zero attached hydrogens (tertiary/aromatic N) is 2. The largest absolute Gasteiger partial charge is 0.467 e. The fourth-order valence-electron chi connectivity index (χ4n) is 2.21. The zero-order chi connectivity index (χ0) is 13.9. The van der Waals surface area contributed by atoms with Crippen LogP contribution in [0.1, 0.15) is 28.1 Å². The topological polar surface area (TPSA) is 43.0 Å². The van der Waals surface area contributed by atoms with E-state index < -0.39 is 0 Å². The molecular formula is C15H17N3OS. The predicted molar refractivity (Wildman–Crippen MR) is 79.7 cm³/mol. The average molecular weight is 287 g/mol. The summed E-state index contributed by atoms with van der Waals surface area (Å²) in [6.07, 6.45) is 5.45. The minimum atomic E-state index is -0.0356. The van der Waals surface area contributed by atoms with Gasteiger partial charge in [-0.3, -0.25) is 5.32 Å². The number of aryl methyl sites for hydroxylation is 2. The summed E-state index contributed by atoms with van der Waals surface area (Å²) in [6, 6.07) is 5.99. The van der Waals surface area contributed by atoms with E-state index in [4.69, 9.17) is 4.42 Å². The number of rotatable bonds is 5. The number of imidazole rings is 1. The summed E-state index contributed by atoms with van der Waals surface area (Å²) in [5.74, 6) is 1.84. The van der Waals surface area contributed by atoms with Gasteiger partial charge >= 0.3 is 0 Å². The lowest BCUT2D eigenvalue weighted by Crippen LogP contribution is -2.24. The molecule has 0 saturated carbocycles. The highest BCUT2D eigenvalue weighted by Crippen LogP contribution is 2.23. The van der Waals surface area contributed by atoms with Crippen LogP contribution < -0.4 is 5.32 Å². The molecule has 3 aromatic heterocycles. The summed E-state index contributed by atoms with van der Waals surface area (Å²) in [6.45, 7) is 2.94. The molecular weight excluding hydrogens is 270 g/mol. The molecule has 1 atom stereocenters. The minimum Gasteiger partial charge on any atom is -0.467 e. The van der Waals surface area contributed by atoms with E-state index in [9.17, 15) is 0 Å². The molecule has 104 valence electrons. The van der Waals surface area contributed by atoms with Gasteiger partial charge in [-0.15, -0.1) is 11.3 Å². The molecule has 0 aliphatic carbocycles. The first-order chi connectivity index (χ1) is 9.75. The van der Waals surface area contributed by atoms with Crippen molar-refractivity contribution >= 4 is 11.3 Å². The van der Waals surface area contributed by atoms with E-state index in [1.54, 1.807) is 17.6 Å². The minimum absolute atomic E-state index is 0.0356. The van der Waals surface area contributed by atoms with Crippen molar-refractivity contribution in [1.82, 2.24) is 14.9 Å². The van der Waals surface area contributed by atoms with Gasteiger partial charge in [-0.1, -0.05) is 0 Å². The summed E-state index contributed by atoms with van der Waals surface area (Å²) in [5, 5.41) is 5.66. The first-order valence-corrected chi connectivity index (χ1v) is 7.40. The van der Waals surface area contributed by atoms with Crippen molar-refractivity contribution < 1.29 is 4.42 Å². The zero-order valence-electron chi connectivity index (χ0n) is 11.5. The van der Waals surface area contributed by atoms with Gasteiger partial charge in [0.2, 0.25) is 0 Å². The molecule has 20 heavy (non-hydrogen) atoms. The standard InChI is InChI=1S/C15H17N3OS/c1-11-5-9-20-13(11)10-17-14(12-4-3-8-19-12)15-16-6-7-18(15)2/h3-9,14,17H,10H2,1-2H3. The Kier molecular flexibility index (Phi) is 3.71. The summed E-state index contributed by atoms with van der Waals surface area (Å²) < 4.78 is 7.58. The fourth-order valence-corrected chi connectivity index (χ4v) is 3.07. The molecule has 0 amide bonds. The monoisotopic (exact) mass is 287 g/mol. The van der Waals surface area contributed by atoms with Gasteiger partial charge in [0.1, 0.15) is 17.6 Å². The lowest BCUT2D eigenvalue weighted by atomic mass is 10.2. The van der Waals surface area contributed by atoms with Gasteiger partial charge in [0.15, 0.2) is 0 Å². The molecule has 0 aliphatic rings. The number of furan rings is 1. The van der Waals surface area contributed by atoms with Gasteiger partial charge in [-0.2, -0.15) is 0 Å². The maximum Gasteiger partial charge on any atom is 0.133 e. The molecule has 3 heterocycles. The zero-order valence-corrected chi connectivity index (χ0v) is 12.4. The summed E-state index contributed by atoms with van der Waals surface area (Å²) >= 11 is 1.77. The van der Waals surface area contributed by atoms with Crippen LogP contribution in [0.15, 0.2) is 46.7 Å². The summed E-state index contributed by atoms with van der Waals surface area (Å²) in [4.78, 5) is 5.78. The number of aromatic nitrogens is 2. The molecule has 0 saturated heterocycles. The Morgan fingerprint density at radius 3 is 2.95 bits per heavy atom. The molecule has 3 rings (SSSR count). The van der Waals surface area contributed by atoms with Gasteiger partial charge in [-0.25, -0.2) is 4.98 Å². The number of nitrogens with one attached hydrogen (secondary N) is 1. The van der Waals surface area contributed by atoms with E-state index >= 15 is 0 Å². The highest BCUT2D eigenvalue weighted by Gasteiger charge is 2.20.